The maximum atomic E-state index is 12.2. The molecule has 1 aromatic carbocycles. The van der Waals surface area contributed by atoms with Crippen LogP contribution in [-0.2, 0) is 4.79 Å². The van der Waals surface area contributed by atoms with Gasteiger partial charge in [0.2, 0.25) is 5.91 Å². The lowest BCUT2D eigenvalue weighted by Gasteiger charge is -2.08. The summed E-state index contributed by atoms with van der Waals surface area (Å²) in [4.78, 5) is 24.8. The van der Waals surface area contributed by atoms with E-state index in [0.29, 0.717) is 39.2 Å². The first-order chi connectivity index (χ1) is 14.0. The number of nitrogens with two attached hydrogens (primary N) is 2. The summed E-state index contributed by atoms with van der Waals surface area (Å²) in [5.41, 5.74) is 12.9. The quantitative estimate of drug-likeness (QED) is 0.362. The number of ether oxygens (including phenoxy) is 2. The van der Waals surface area contributed by atoms with Gasteiger partial charge in [-0.15, -0.1) is 11.3 Å². The molecule has 11 heteroatoms. The van der Waals surface area contributed by atoms with Gasteiger partial charge in [0, 0.05) is 29.2 Å². The van der Waals surface area contributed by atoms with Crippen molar-refractivity contribution in [2.45, 2.75) is 11.6 Å². The van der Waals surface area contributed by atoms with Crippen LogP contribution in [0.1, 0.15) is 6.42 Å². The molecule has 2 aromatic heterocycles. The van der Waals surface area contributed by atoms with Gasteiger partial charge in [0.25, 0.3) is 0 Å². The molecule has 0 aliphatic rings. The van der Waals surface area contributed by atoms with Crippen LogP contribution in [-0.4, -0.2) is 40.8 Å². The van der Waals surface area contributed by atoms with Crippen LogP contribution in [0.3, 0.4) is 0 Å². The minimum absolute atomic E-state index is 0.150. The van der Waals surface area contributed by atoms with Crippen molar-refractivity contribution in [1.82, 2.24) is 15.0 Å². The van der Waals surface area contributed by atoms with Crippen LogP contribution in [0.15, 0.2) is 34.8 Å². The molecule has 29 heavy (non-hydrogen) atoms. The molecule has 3 rings (SSSR count). The third-order valence-electron chi connectivity index (χ3n) is 3.74. The predicted octanol–water partition coefficient (Wildman–Crippen LogP) is 2.90. The summed E-state index contributed by atoms with van der Waals surface area (Å²) in [5, 5.41) is 5.64. The highest BCUT2D eigenvalue weighted by Gasteiger charge is 2.11. The Hall–Kier alpha value is -3.05. The van der Waals surface area contributed by atoms with Gasteiger partial charge in [-0.2, -0.15) is 0 Å². The molecule has 3 aromatic rings. The Morgan fingerprint density at radius 3 is 2.52 bits per heavy atom. The fourth-order valence-corrected chi connectivity index (χ4v) is 3.95. The zero-order valence-corrected chi connectivity index (χ0v) is 17.5. The van der Waals surface area contributed by atoms with E-state index in [1.54, 1.807) is 14.2 Å². The van der Waals surface area contributed by atoms with E-state index in [2.05, 4.69) is 20.3 Å². The molecule has 0 radical (unpaired) electrons. The van der Waals surface area contributed by atoms with Gasteiger partial charge in [-0.3, -0.25) is 4.79 Å². The van der Waals surface area contributed by atoms with E-state index in [4.69, 9.17) is 20.9 Å². The third kappa shape index (κ3) is 5.48. The van der Waals surface area contributed by atoms with Crippen LogP contribution in [0.5, 0.6) is 11.5 Å². The number of nitrogen functional groups attached to an aromatic ring is 2. The fourth-order valence-electron chi connectivity index (χ4n) is 2.40. The SMILES string of the molecule is COc1ccc(-c2csc(NC(=O)CCSc3nc(N)cc(N)n3)n2)cc1OC. The Bertz CT molecular complexity index is 991. The molecule has 0 bridgehead atoms. The van der Waals surface area contributed by atoms with Crippen molar-refractivity contribution in [2.24, 2.45) is 0 Å². The Morgan fingerprint density at radius 2 is 1.83 bits per heavy atom. The van der Waals surface area contributed by atoms with Crippen molar-refractivity contribution in [3.05, 3.63) is 29.6 Å². The number of carbonyl (C=O) groups excluding carboxylic acids is 1. The third-order valence-corrected chi connectivity index (χ3v) is 5.34. The highest BCUT2D eigenvalue weighted by atomic mass is 32.2. The van der Waals surface area contributed by atoms with Crippen molar-refractivity contribution in [3.63, 3.8) is 0 Å². The van der Waals surface area contributed by atoms with E-state index in [1.807, 2.05) is 23.6 Å². The first-order valence-electron chi connectivity index (χ1n) is 8.49. The Labute approximate surface area is 175 Å². The molecule has 0 fully saturated rings. The summed E-state index contributed by atoms with van der Waals surface area (Å²) in [7, 11) is 3.16. The van der Waals surface area contributed by atoms with Gasteiger partial charge >= 0.3 is 0 Å². The van der Waals surface area contributed by atoms with E-state index < -0.39 is 0 Å². The maximum absolute atomic E-state index is 12.2. The van der Waals surface area contributed by atoms with Gasteiger partial charge in [-0.05, 0) is 18.2 Å². The summed E-state index contributed by atoms with van der Waals surface area (Å²) < 4.78 is 10.6. The van der Waals surface area contributed by atoms with Gasteiger partial charge < -0.3 is 26.3 Å². The molecule has 5 N–H and O–H groups in total. The van der Waals surface area contributed by atoms with Crippen molar-refractivity contribution < 1.29 is 14.3 Å². The summed E-state index contributed by atoms with van der Waals surface area (Å²) >= 11 is 2.66. The van der Waals surface area contributed by atoms with E-state index in [0.717, 1.165) is 11.3 Å². The van der Waals surface area contributed by atoms with Gasteiger partial charge in [0.1, 0.15) is 11.6 Å². The second-order valence-corrected chi connectivity index (χ2v) is 7.67. The number of methoxy groups -OCH3 is 2. The van der Waals surface area contributed by atoms with Crippen molar-refractivity contribution in [3.8, 4) is 22.8 Å². The molecule has 0 aliphatic carbocycles. The first kappa shape index (κ1) is 20.7. The van der Waals surface area contributed by atoms with E-state index in [9.17, 15) is 4.79 Å². The molecule has 0 atom stereocenters. The van der Waals surface area contributed by atoms with Crippen LogP contribution in [0.25, 0.3) is 11.3 Å². The average Bonchev–Trinajstić information content (AvgIpc) is 3.15. The van der Waals surface area contributed by atoms with E-state index in [1.165, 1.54) is 29.2 Å². The van der Waals surface area contributed by atoms with Gasteiger partial charge in [0.15, 0.2) is 21.8 Å². The second-order valence-electron chi connectivity index (χ2n) is 5.75. The number of aromatic nitrogens is 3. The number of rotatable bonds is 8. The molecular formula is C18H20N6O3S2. The van der Waals surface area contributed by atoms with Gasteiger partial charge in [-0.1, -0.05) is 11.8 Å². The Balaban J connectivity index is 1.56. The first-order valence-corrected chi connectivity index (χ1v) is 10.4. The molecule has 0 unspecified atom stereocenters. The molecule has 2 heterocycles. The zero-order valence-electron chi connectivity index (χ0n) is 15.8. The number of thioether (sulfide) groups is 1. The number of benzene rings is 1. The molecule has 9 nitrogen and oxygen atoms in total. The number of carbonyl (C=O) groups is 1. The largest absolute Gasteiger partial charge is 0.493 e. The highest BCUT2D eigenvalue weighted by molar-refractivity contribution is 7.99. The number of anilines is 3. The number of amides is 1. The molecule has 0 saturated heterocycles. The lowest BCUT2D eigenvalue weighted by atomic mass is 10.1. The summed E-state index contributed by atoms with van der Waals surface area (Å²) in [6.45, 7) is 0. The molecule has 0 saturated carbocycles. The molecular weight excluding hydrogens is 412 g/mol. The number of nitrogens with zero attached hydrogens (tertiary/aromatic N) is 3. The van der Waals surface area contributed by atoms with Crippen LogP contribution >= 0.6 is 23.1 Å². The number of hydrogen-bond donors (Lipinski definition) is 3. The van der Waals surface area contributed by atoms with Crippen LogP contribution < -0.4 is 26.3 Å². The number of thiazole rings is 1. The fraction of sp³-hybridized carbons (Fsp3) is 0.222. The van der Waals surface area contributed by atoms with Crippen LogP contribution in [0.2, 0.25) is 0 Å². The van der Waals surface area contributed by atoms with Crippen molar-refractivity contribution >= 4 is 45.8 Å². The smallest absolute Gasteiger partial charge is 0.226 e. The highest BCUT2D eigenvalue weighted by Crippen LogP contribution is 2.33. The lowest BCUT2D eigenvalue weighted by Crippen LogP contribution is -2.12. The van der Waals surface area contributed by atoms with Crippen LogP contribution in [0.4, 0.5) is 16.8 Å². The molecule has 152 valence electrons. The Morgan fingerprint density at radius 1 is 1.10 bits per heavy atom. The minimum atomic E-state index is -0.150. The minimum Gasteiger partial charge on any atom is -0.493 e. The van der Waals surface area contributed by atoms with E-state index >= 15 is 0 Å². The number of hydrogen-bond acceptors (Lipinski definition) is 10. The molecule has 0 aliphatic heterocycles. The topological polar surface area (TPSA) is 138 Å². The summed E-state index contributed by atoms with van der Waals surface area (Å²) in [6, 6.07) is 7.02. The second kappa shape index (κ2) is 9.43. The maximum Gasteiger partial charge on any atom is 0.226 e. The lowest BCUT2D eigenvalue weighted by molar-refractivity contribution is -0.115. The molecule has 0 spiro atoms. The molecule has 1 amide bonds. The average molecular weight is 433 g/mol. The van der Waals surface area contributed by atoms with E-state index in [-0.39, 0.29) is 12.3 Å². The van der Waals surface area contributed by atoms with Gasteiger partial charge in [-0.25, -0.2) is 15.0 Å². The normalized spacial score (nSPS) is 10.6. The zero-order chi connectivity index (χ0) is 20.8. The summed E-state index contributed by atoms with van der Waals surface area (Å²) in [5.74, 6) is 2.20. The van der Waals surface area contributed by atoms with Crippen LogP contribution in [0, 0.1) is 0 Å². The number of nitrogens with one attached hydrogen (secondary N) is 1. The monoisotopic (exact) mass is 432 g/mol. The van der Waals surface area contributed by atoms with Gasteiger partial charge in [0.05, 0.1) is 19.9 Å². The summed E-state index contributed by atoms with van der Waals surface area (Å²) in [6.07, 6.45) is 0.272. The standard InChI is InChI=1S/C18H20N6O3S2/c1-26-12-4-3-10(7-13(12)27-2)11-9-29-17(21-11)24-16(25)5-6-28-18-22-14(19)8-15(20)23-18/h3-4,7-9H,5-6H2,1-2H3,(H,21,24,25)(H4,19,20,22,23). The predicted molar refractivity (Wildman–Crippen MR) is 115 cm³/mol. The Kier molecular flexibility index (Phi) is 6.73. The van der Waals surface area contributed by atoms with Crippen molar-refractivity contribution in [2.75, 3.05) is 36.8 Å². The van der Waals surface area contributed by atoms with Crippen molar-refractivity contribution in [1.29, 1.82) is 0 Å².